The maximum atomic E-state index is 13.5. The molecule has 2 aromatic carbocycles. The average molecular weight is 335 g/mol. The monoisotopic (exact) mass is 335 g/mol. The van der Waals surface area contributed by atoms with Gasteiger partial charge in [0.1, 0.15) is 16.5 Å². The molecule has 0 unspecified atom stereocenters. The summed E-state index contributed by atoms with van der Waals surface area (Å²) in [6, 6.07) is 9.04. The van der Waals surface area contributed by atoms with Crippen molar-refractivity contribution in [2.45, 2.75) is 11.3 Å². The van der Waals surface area contributed by atoms with E-state index >= 15 is 0 Å². The van der Waals surface area contributed by atoms with Crippen molar-refractivity contribution in [2.24, 2.45) is 0 Å². The van der Waals surface area contributed by atoms with Gasteiger partial charge in [0.15, 0.2) is 0 Å². The highest BCUT2D eigenvalue weighted by Crippen LogP contribution is 2.30. The molecule has 4 nitrogen and oxygen atoms in total. The number of sulfonamides is 1. The molecule has 0 atom stereocenters. The Balaban J connectivity index is 2.40. The number of anilines is 1. The molecule has 0 radical (unpaired) electrons. The van der Waals surface area contributed by atoms with Crippen LogP contribution in [0.3, 0.4) is 0 Å². The second-order valence-electron chi connectivity index (χ2n) is 4.08. The van der Waals surface area contributed by atoms with Crippen LogP contribution in [-0.4, -0.2) is 14.8 Å². The minimum atomic E-state index is -5.05. The maximum Gasteiger partial charge on any atom is 0.573 e. The van der Waals surface area contributed by atoms with Gasteiger partial charge in [0.2, 0.25) is 0 Å². The van der Waals surface area contributed by atoms with E-state index in [1.54, 1.807) is 0 Å². The summed E-state index contributed by atoms with van der Waals surface area (Å²) in [4.78, 5) is -0.754. The van der Waals surface area contributed by atoms with Crippen molar-refractivity contribution in [3.63, 3.8) is 0 Å². The molecule has 0 fully saturated rings. The standard InChI is InChI=1S/C13H9F4NO3S/c14-9-5-1-2-6-10(9)18-22(19,20)12-8-4-3-7-11(12)21-13(15,16)17/h1-8,18H. The summed E-state index contributed by atoms with van der Waals surface area (Å²) in [6.07, 6.45) is -5.05. The van der Waals surface area contributed by atoms with Gasteiger partial charge in [-0.2, -0.15) is 0 Å². The number of alkyl halides is 3. The molecule has 1 N–H and O–H groups in total. The van der Waals surface area contributed by atoms with Gasteiger partial charge < -0.3 is 4.74 Å². The largest absolute Gasteiger partial charge is 0.573 e. The van der Waals surface area contributed by atoms with Crippen molar-refractivity contribution in [2.75, 3.05) is 4.72 Å². The Kier molecular flexibility index (Phi) is 4.27. The molecule has 0 heterocycles. The SMILES string of the molecule is O=S(=O)(Nc1ccccc1F)c1ccccc1OC(F)(F)F. The summed E-state index contributed by atoms with van der Waals surface area (Å²) in [7, 11) is -4.45. The number of para-hydroxylation sites is 2. The molecule has 0 saturated carbocycles. The molecule has 2 aromatic rings. The number of hydrogen-bond acceptors (Lipinski definition) is 3. The van der Waals surface area contributed by atoms with E-state index in [4.69, 9.17) is 0 Å². The van der Waals surface area contributed by atoms with E-state index in [2.05, 4.69) is 4.74 Å². The second kappa shape index (κ2) is 5.84. The van der Waals surface area contributed by atoms with Crippen molar-refractivity contribution in [3.05, 3.63) is 54.3 Å². The minimum absolute atomic E-state index is 0.385. The van der Waals surface area contributed by atoms with Gasteiger partial charge in [0, 0.05) is 0 Å². The third-order valence-electron chi connectivity index (χ3n) is 2.48. The lowest BCUT2D eigenvalue weighted by Gasteiger charge is -2.14. The lowest BCUT2D eigenvalue weighted by atomic mass is 10.3. The van der Waals surface area contributed by atoms with Crippen LogP contribution >= 0.6 is 0 Å². The summed E-state index contributed by atoms with van der Waals surface area (Å²) >= 11 is 0. The van der Waals surface area contributed by atoms with E-state index in [0.717, 1.165) is 24.3 Å². The highest BCUT2D eigenvalue weighted by atomic mass is 32.2. The lowest BCUT2D eigenvalue weighted by Crippen LogP contribution is -2.21. The number of hydrogen-bond donors (Lipinski definition) is 1. The van der Waals surface area contributed by atoms with Crippen molar-refractivity contribution < 1.29 is 30.7 Å². The molecule has 0 aliphatic rings. The topological polar surface area (TPSA) is 55.4 Å². The zero-order valence-electron chi connectivity index (χ0n) is 10.8. The molecule has 0 aromatic heterocycles. The first-order valence-electron chi connectivity index (χ1n) is 5.81. The predicted molar refractivity (Wildman–Crippen MR) is 70.3 cm³/mol. The molecular formula is C13H9F4NO3S. The van der Waals surface area contributed by atoms with Gasteiger partial charge in [-0.1, -0.05) is 24.3 Å². The highest BCUT2D eigenvalue weighted by molar-refractivity contribution is 7.92. The van der Waals surface area contributed by atoms with Crippen molar-refractivity contribution in [1.82, 2.24) is 0 Å². The smallest absolute Gasteiger partial charge is 0.404 e. The first kappa shape index (κ1) is 16.1. The summed E-state index contributed by atoms with van der Waals surface area (Å²) in [5, 5.41) is 0. The summed E-state index contributed by atoms with van der Waals surface area (Å²) in [5.41, 5.74) is -0.385. The van der Waals surface area contributed by atoms with Crippen LogP contribution in [0.5, 0.6) is 5.75 Å². The van der Waals surface area contributed by atoms with Gasteiger partial charge in [-0.25, -0.2) is 12.8 Å². The Morgan fingerprint density at radius 2 is 1.55 bits per heavy atom. The van der Waals surface area contributed by atoms with Crippen LogP contribution in [0.2, 0.25) is 0 Å². The predicted octanol–water partition coefficient (Wildman–Crippen LogP) is 3.53. The number of benzene rings is 2. The molecule has 9 heteroatoms. The van der Waals surface area contributed by atoms with E-state index in [-0.39, 0.29) is 5.69 Å². The fourth-order valence-electron chi connectivity index (χ4n) is 1.62. The first-order chi connectivity index (χ1) is 10.2. The minimum Gasteiger partial charge on any atom is -0.404 e. The first-order valence-corrected chi connectivity index (χ1v) is 7.29. The van der Waals surface area contributed by atoms with E-state index < -0.39 is 32.8 Å². The number of ether oxygens (including phenoxy) is 1. The Labute approximate surface area is 123 Å². The van der Waals surface area contributed by atoms with Crippen LogP contribution in [0, 0.1) is 5.82 Å². The zero-order chi connectivity index (χ0) is 16.4. The second-order valence-corrected chi connectivity index (χ2v) is 5.73. The molecule has 0 aliphatic heterocycles. The molecular weight excluding hydrogens is 326 g/mol. The Hall–Kier alpha value is -2.29. The Morgan fingerprint density at radius 1 is 0.955 bits per heavy atom. The molecule has 0 bridgehead atoms. The highest BCUT2D eigenvalue weighted by Gasteiger charge is 2.34. The van der Waals surface area contributed by atoms with E-state index in [1.165, 1.54) is 24.3 Å². The van der Waals surface area contributed by atoms with Gasteiger partial charge in [0.05, 0.1) is 5.69 Å². The van der Waals surface area contributed by atoms with Gasteiger partial charge in [-0.3, -0.25) is 4.72 Å². The lowest BCUT2D eigenvalue weighted by molar-refractivity contribution is -0.275. The number of rotatable bonds is 4. The van der Waals surface area contributed by atoms with Crippen LogP contribution in [0.25, 0.3) is 0 Å². The summed E-state index contributed by atoms with van der Waals surface area (Å²) < 4.78 is 80.2. The number of halogens is 4. The van der Waals surface area contributed by atoms with Gasteiger partial charge >= 0.3 is 6.36 Å². The molecule has 0 saturated heterocycles. The van der Waals surface area contributed by atoms with E-state index in [0.29, 0.717) is 0 Å². The summed E-state index contributed by atoms with van der Waals surface area (Å²) in [5.74, 6) is -1.76. The van der Waals surface area contributed by atoms with Gasteiger partial charge in [-0.15, -0.1) is 13.2 Å². The van der Waals surface area contributed by atoms with Crippen LogP contribution in [-0.2, 0) is 10.0 Å². The molecule has 0 aliphatic carbocycles. The molecule has 2 rings (SSSR count). The van der Waals surface area contributed by atoms with Crippen molar-refractivity contribution >= 4 is 15.7 Å². The quantitative estimate of drug-likeness (QED) is 0.870. The van der Waals surface area contributed by atoms with Crippen LogP contribution in [0.1, 0.15) is 0 Å². The summed E-state index contributed by atoms with van der Waals surface area (Å²) in [6.45, 7) is 0. The van der Waals surface area contributed by atoms with Crippen LogP contribution in [0.4, 0.5) is 23.2 Å². The van der Waals surface area contributed by atoms with Crippen molar-refractivity contribution in [3.8, 4) is 5.75 Å². The average Bonchev–Trinajstić information content (AvgIpc) is 2.40. The van der Waals surface area contributed by atoms with Gasteiger partial charge in [-0.05, 0) is 24.3 Å². The molecule has 0 amide bonds. The van der Waals surface area contributed by atoms with E-state index in [1.807, 2.05) is 4.72 Å². The van der Waals surface area contributed by atoms with Gasteiger partial charge in [0.25, 0.3) is 10.0 Å². The normalized spacial score (nSPS) is 12.0. The maximum absolute atomic E-state index is 13.5. The Bertz CT molecular complexity index is 775. The number of nitrogens with one attached hydrogen (secondary N) is 1. The fraction of sp³-hybridized carbons (Fsp3) is 0.0769. The third-order valence-corrected chi connectivity index (χ3v) is 3.89. The van der Waals surface area contributed by atoms with Crippen LogP contribution in [0.15, 0.2) is 53.4 Å². The van der Waals surface area contributed by atoms with Crippen molar-refractivity contribution in [1.29, 1.82) is 0 Å². The Morgan fingerprint density at radius 3 is 2.18 bits per heavy atom. The third kappa shape index (κ3) is 3.88. The fourth-order valence-corrected chi connectivity index (χ4v) is 2.82. The zero-order valence-corrected chi connectivity index (χ0v) is 11.6. The molecule has 118 valence electrons. The molecule has 22 heavy (non-hydrogen) atoms. The molecule has 0 spiro atoms. The van der Waals surface area contributed by atoms with E-state index in [9.17, 15) is 26.0 Å². The van der Waals surface area contributed by atoms with Crippen LogP contribution < -0.4 is 9.46 Å².